The lowest BCUT2D eigenvalue weighted by atomic mass is 10.1. The molecule has 5 heteroatoms. The number of benzene rings is 1. The Morgan fingerprint density at radius 1 is 1.30 bits per heavy atom. The molecule has 1 aromatic heterocycles. The first kappa shape index (κ1) is 13.3. The Kier molecular flexibility index (Phi) is 3.85. The van der Waals surface area contributed by atoms with E-state index in [-0.39, 0.29) is 6.10 Å². The maximum Gasteiger partial charge on any atom is 0.147 e. The summed E-state index contributed by atoms with van der Waals surface area (Å²) in [5, 5.41) is 0.745. The number of hydrogen-bond acceptors (Lipinski definition) is 4. The van der Waals surface area contributed by atoms with Crippen LogP contribution in [0.25, 0.3) is 0 Å². The Labute approximate surface area is 123 Å². The summed E-state index contributed by atoms with van der Waals surface area (Å²) in [5.41, 5.74) is 1.95. The van der Waals surface area contributed by atoms with Gasteiger partial charge in [0.2, 0.25) is 0 Å². The van der Waals surface area contributed by atoms with E-state index in [0.29, 0.717) is 6.61 Å². The largest absolute Gasteiger partial charge is 0.370 e. The van der Waals surface area contributed by atoms with Crippen molar-refractivity contribution in [1.29, 1.82) is 0 Å². The molecule has 4 nitrogen and oxygen atoms in total. The molecular formula is C15H16ClN3O. The van der Waals surface area contributed by atoms with Crippen molar-refractivity contribution < 1.29 is 4.74 Å². The summed E-state index contributed by atoms with van der Waals surface area (Å²) in [5.74, 6) is 0.894. The van der Waals surface area contributed by atoms with Gasteiger partial charge in [-0.2, -0.15) is 0 Å². The van der Waals surface area contributed by atoms with Crippen LogP contribution in [-0.4, -0.2) is 29.7 Å². The Bertz CT molecular complexity index is 605. The molecule has 1 aliphatic heterocycles. The minimum absolute atomic E-state index is 0.0280. The van der Waals surface area contributed by atoms with Gasteiger partial charge in [-0.1, -0.05) is 29.8 Å². The second-order valence-corrected chi connectivity index (χ2v) is 5.25. The van der Waals surface area contributed by atoms with Crippen molar-refractivity contribution >= 4 is 17.4 Å². The molecule has 0 radical (unpaired) electrons. The van der Waals surface area contributed by atoms with Gasteiger partial charge >= 0.3 is 0 Å². The van der Waals surface area contributed by atoms with Crippen molar-refractivity contribution in [3.8, 4) is 0 Å². The lowest BCUT2D eigenvalue weighted by molar-refractivity contribution is 0.0395. The normalized spacial score (nSPS) is 19.1. The molecule has 2 aromatic rings. The van der Waals surface area contributed by atoms with Gasteiger partial charge in [-0.15, -0.1) is 0 Å². The fourth-order valence-corrected chi connectivity index (χ4v) is 2.64. The molecule has 0 amide bonds. The minimum atomic E-state index is -0.0280. The monoisotopic (exact) mass is 289 g/mol. The first-order valence-corrected chi connectivity index (χ1v) is 7.01. The summed E-state index contributed by atoms with van der Waals surface area (Å²) >= 11 is 6.25. The van der Waals surface area contributed by atoms with Gasteiger partial charge in [0.15, 0.2) is 0 Å². The second kappa shape index (κ2) is 5.77. The van der Waals surface area contributed by atoms with Gasteiger partial charge in [0.1, 0.15) is 11.9 Å². The van der Waals surface area contributed by atoms with Crippen molar-refractivity contribution in [2.75, 3.05) is 24.6 Å². The minimum Gasteiger partial charge on any atom is -0.370 e. The van der Waals surface area contributed by atoms with Gasteiger partial charge in [-0.3, -0.25) is 4.98 Å². The topological polar surface area (TPSA) is 38.2 Å². The first-order valence-electron chi connectivity index (χ1n) is 6.63. The molecule has 1 unspecified atom stereocenters. The molecule has 1 aliphatic rings. The summed E-state index contributed by atoms with van der Waals surface area (Å²) in [4.78, 5) is 10.9. The zero-order chi connectivity index (χ0) is 13.9. The number of aryl methyl sites for hydroxylation is 1. The molecule has 0 spiro atoms. The number of halogens is 1. The smallest absolute Gasteiger partial charge is 0.147 e. The fraction of sp³-hybridized carbons (Fsp3) is 0.333. The van der Waals surface area contributed by atoms with Crippen LogP contribution in [0.3, 0.4) is 0 Å². The maximum atomic E-state index is 6.25. The van der Waals surface area contributed by atoms with Crippen LogP contribution in [0.1, 0.15) is 17.4 Å². The Balaban J connectivity index is 1.82. The summed E-state index contributed by atoms with van der Waals surface area (Å²) in [7, 11) is 0. The number of hydrogen-bond donors (Lipinski definition) is 0. The van der Waals surface area contributed by atoms with Crippen LogP contribution in [0.15, 0.2) is 36.7 Å². The number of aromatic nitrogens is 2. The van der Waals surface area contributed by atoms with Crippen LogP contribution in [0.2, 0.25) is 5.02 Å². The van der Waals surface area contributed by atoms with Crippen molar-refractivity contribution in [3.63, 3.8) is 0 Å². The van der Waals surface area contributed by atoms with Crippen LogP contribution < -0.4 is 4.90 Å². The standard InChI is InChI=1S/C15H16ClN3O/c1-11-8-17-9-15(18-11)19-6-7-20-14(10-19)12-4-2-3-5-13(12)16/h2-5,8-9,14H,6-7,10H2,1H3. The SMILES string of the molecule is Cc1cncc(N2CCOC(c3ccccc3Cl)C2)n1. The Morgan fingerprint density at radius 3 is 2.95 bits per heavy atom. The quantitative estimate of drug-likeness (QED) is 0.852. The first-order chi connectivity index (χ1) is 9.74. The van der Waals surface area contributed by atoms with Crippen LogP contribution in [0, 0.1) is 6.92 Å². The molecule has 104 valence electrons. The van der Waals surface area contributed by atoms with Crippen molar-refractivity contribution in [1.82, 2.24) is 9.97 Å². The second-order valence-electron chi connectivity index (χ2n) is 4.85. The highest BCUT2D eigenvalue weighted by Gasteiger charge is 2.24. The average molecular weight is 290 g/mol. The van der Waals surface area contributed by atoms with Crippen LogP contribution in [0.5, 0.6) is 0 Å². The zero-order valence-electron chi connectivity index (χ0n) is 11.3. The van der Waals surface area contributed by atoms with Crippen LogP contribution >= 0.6 is 11.6 Å². The third kappa shape index (κ3) is 2.76. The van der Waals surface area contributed by atoms with Gasteiger partial charge in [0.25, 0.3) is 0 Å². The predicted molar refractivity (Wildman–Crippen MR) is 79.1 cm³/mol. The van der Waals surface area contributed by atoms with Gasteiger partial charge in [-0.05, 0) is 13.0 Å². The number of morpholine rings is 1. The van der Waals surface area contributed by atoms with Crippen LogP contribution in [-0.2, 0) is 4.74 Å². The molecule has 0 N–H and O–H groups in total. The van der Waals surface area contributed by atoms with E-state index < -0.39 is 0 Å². The van der Waals surface area contributed by atoms with Gasteiger partial charge < -0.3 is 9.64 Å². The van der Waals surface area contributed by atoms with Crippen molar-refractivity contribution in [2.45, 2.75) is 13.0 Å². The molecule has 0 aliphatic carbocycles. The van der Waals surface area contributed by atoms with E-state index in [1.165, 1.54) is 0 Å². The van der Waals surface area contributed by atoms with Crippen molar-refractivity contribution in [2.24, 2.45) is 0 Å². The molecule has 1 saturated heterocycles. The molecular weight excluding hydrogens is 274 g/mol. The molecule has 3 rings (SSSR count). The Hall–Kier alpha value is -1.65. The molecule has 0 saturated carbocycles. The van der Waals surface area contributed by atoms with Gasteiger partial charge in [-0.25, -0.2) is 4.98 Å². The molecule has 2 heterocycles. The van der Waals surface area contributed by atoms with E-state index in [2.05, 4.69) is 14.9 Å². The van der Waals surface area contributed by atoms with E-state index in [1.807, 2.05) is 31.2 Å². The number of anilines is 1. The lowest BCUT2D eigenvalue weighted by Gasteiger charge is -2.34. The highest BCUT2D eigenvalue weighted by Crippen LogP contribution is 2.29. The molecule has 1 aromatic carbocycles. The van der Waals surface area contributed by atoms with Crippen molar-refractivity contribution in [3.05, 3.63) is 52.9 Å². The summed E-state index contributed by atoms with van der Waals surface area (Å²) in [6.07, 6.45) is 3.53. The Morgan fingerprint density at radius 2 is 2.15 bits per heavy atom. The third-order valence-electron chi connectivity index (χ3n) is 3.38. The van der Waals surface area contributed by atoms with E-state index in [4.69, 9.17) is 16.3 Å². The van der Waals surface area contributed by atoms with E-state index in [0.717, 1.165) is 35.2 Å². The van der Waals surface area contributed by atoms with E-state index >= 15 is 0 Å². The van der Waals surface area contributed by atoms with Crippen LogP contribution in [0.4, 0.5) is 5.82 Å². The molecule has 1 fully saturated rings. The zero-order valence-corrected chi connectivity index (χ0v) is 12.0. The predicted octanol–water partition coefficient (Wildman–Crippen LogP) is 3.02. The molecule has 1 atom stereocenters. The summed E-state index contributed by atoms with van der Waals surface area (Å²) in [6.45, 7) is 4.16. The van der Waals surface area contributed by atoms with E-state index in [9.17, 15) is 0 Å². The van der Waals surface area contributed by atoms with Gasteiger partial charge in [0.05, 0.1) is 18.5 Å². The lowest BCUT2D eigenvalue weighted by Crippen LogP contribution is -2.39. The number of ether oxygens (including phenoxy) is 1. The highest BCUT2D eigenvalue weighted by molar-refractivity contribution is 6.31. The molecule has 20 heavy (non-hydrogen) atoms. The highest BCUT2D eigenvalue weighted by atomic mass is 35.5. The summed E-state index contributed by atoms with van der Waals surface area (Å²) < 4.78 is 5.85. The maximum absolute atomic E-state index is 6.25. The fourth-order valence-electron chi connectivity index (χ4n) is 2.38. The molecule has 0 bridgehead atoms. The third-order valence-corrected chi connectivity index (χ3v) is 3.73. The summed E-state index contributed by atoms with van der Waals surface area (Å²) in [6, 6.07) is 7.82. The average Bonchev–Trinajstić information content (AvgIpc) is 2.48. The number of rotatable bonds is 2. The van der Waals surface area contributed by atoms with Gasteiger partial charge in [0, 0.05) is 29.9 Å². The van der Waals surface area contributed by atoms with E-state index in [1.54, 1.807) is 12.4 Å². The number of nitrogens with zero attached hydrogens (tertiary/aromatic N) is 3.